The Labute approximate surface area is 188 Å². The van der Waals surface area contributed by atoms with E-state index in [1.807, 2.05) is 64.1 Å². The van der Waals surface area contributed by atoms with Crippen molar-refractivity contribution >= 4 is 17.5 Å². The van der Waals surface area contributed by atoms with E-state index < -0.39 is 0 Å². The van der Waals surface area contributed by atoms with E-state index in [1.54, 1.807) is 24.4 Å². The fourth-order valence-corrected chi connectivity index (χ4v) is 3.13. The van der Waals surface area contributed by atoms with Gasteiger partial charge in [-0.05, 0) is 55.8 Å². The second kappa shape index (κ2) is 10.5. The van der Waals surface area contributed by atoms with Gasteiger partial charge in [-0.15, -0.1) is 0 Å². The number of anilines is 1. The van der Waals surface area contributed by atoms with E-state index in [9.17, 15) is 9.59 Å². The summed E-state index contributed by atoms with van der Waals surface area (Å²) in [5.41, 5.74) is 3.54. The molecule has 0 fully saturated rings. The normalized spacial score (nSPS) is 11.7. The zero-order valence-corrected chi connectivity index (χ0v) is 18.8. The summed E-state index contributed by atoms with van der Waals surface area (Å²) in [7, 11) is 0. The van der Waals surface area contributed by atoms with Crippen LogP contribution in [0.2, 0.25) is 0 Å². The SMILES string of the molecule is CCOc1ccc(NC(=O)C(C)C)cc1C(=O)NC(C)c1cccc(-c2cccnn2)c1. The van der Waals surface area contributed by atoms with Gasteiger partial charge >= 0.3 is 0 Å². The van der Waals surface area contributed by atoms with Crippen LogP contribution in [0.1, 0.15) is 49.7 Å². The molecule has 0 aliphatic carbocycles. The van der Waals surface area contributed by atoms with Crippen molar-refractivity contribution in [3.63, 3.8) is 0 Å². The van der Waals surface area contributed by atoms with Crippen LogP contribution >= 0.6 is 0 Å². The minimum Gasteiger partial charge on any atom is -0.493 e. The van der Waals surface area contributed by atoms with Crippen molar-refractivity contribution in [1.82, 2.24) is 15.5 Å². The molecule has 0 saturated carbocycles. The summed E-state index contributed by atoms with van der Waals surface area (Å²) >= 11 is 0. The Bertz CT molecular complexity index is 1080. The summed E-state index contributed by atoms with van der Waals surface area (Å²) < 4.78 is 5.64. The monoisotopic (exact) mass is 432 g/mol. The van der Waals surface area contributed by atoms with Crippen LogP contribution in [0.4, 0.5) is 5.69 Å². The van der Waals surface area contributed by atoms with Crippen molar-refractivity contribution in [3.8, 4) is 17.0 Å². The number of benzene rings is 2. The van der Waals surface area contributed by atoms with Gasteiger partial charge in [0, 0.05) is 23.4 Å². The molecular weight excluding hydrogens is 404 g/mol. The number of nitrogens with one attached hydrogen (secondary N) is 2. The Morgan fingerprint density at radius 1 is 1.03 bits per heavy atom. The molecule has 32 heavy (non-hydrogen) atoms. The fourth-order valence-electron chi connectivity index (χ4n) is 3.13. The second-order valence-corrected chi connectivity index (χ2v) is 7.72. The molecule has 2 N–H and O–H groups in total. The van der Waals surface area contributed by atoms with Crippen molar-refractivity contribution in [3.05, 3.63) is 71.9 Å². The Hall–Kier alpha value is -3.74. The van der Waals surface area contributed by atoms with Gasteiger partial charge in [0.2, 0.25) is 5.91 Å². The van der Waals surface area contributed by atoms with E-state index in [0.717, 1.165) is 16.8 Å². The van der Waals surface area contributed by atoms with Gasteiger partial charge in [0.25, 0.3) is 5.91 Å². The molecule has 0 aliphatic heterocycles. The largest absolute Gasteiger partial charge is 0.493 e. The van der Waals surface area contributed by atoms with Crippen LogP contribution in [0.3, 0.4) is 0 Å². The van der Waals surface area contributed by atoms with Crippen molar-refractivity contribution in [2.45, 2.75) is 33.7 Å². The first-order chi connectivity index (χ1) is 15.4. The summed E-state index contributed by atoms with van der Waals surface area (Å²) in [5, 5.41) is 13.9. The van der Waals surface area contributed by atoms with E-state index in [2.05, 4.69) is 20.8 Å². The average molecular weight is 433 g/mol. The van der Waals surface area contributed by atoms with Crippen molar-refractivity contribution < 1.29 is 14.3 Å². The number of amides is 2. The molecule has 2 amide bonds. The second-order valence-electron chi connectivity index (χ2n) is 7.72. The zero-order valence-electron chi connectivity index (χ0n) is 18.8. The summed E-state index contributed by atoms with van der Waals surface area (Å²) in [6, 6.07) is 16.4. The van der Waals surface area contributed by atoms with Gasteiger partial charge in [0.1, 0.15) is 5.75 Å². The summed E-state index contributed by atoms with van der Waals surface area (Å²) in [6.07, 6.45) is 1.63. The van der Waals surface area contributed by atoms with Gasteiger partial charge in [-0.2, -0.15) is 10.2 Å². The quantitative estimate of drug-likeness (QED) is 0.541. The topological polar surface area (TPSA) is 93.2 Å². The minimum atomic E-state index is -0.286. The average Bonchev–Trinajstić information content (AvgIpc) is 2.80. The molecule has 1 atom stereocenters. The van der Waals surface area contributed by atoms with Gasteiger partial charge in [0.15, 0.2) is 0 Å². The highest BCUT2D eigenvalue weighted by Gasteiger charge is 2.18. The van der Waals surface area contributed by atoms with Gasteiger partial charge in [0.05, 0.1) is 23.9 Å². The van der Waals surface area contributed by atoms with Crippen molar-refractivity contribution in [2.24, 2.45) is 5.92 Å². The summed E-state index contributed by atoms with van der Waals surface area (Å²) in [4.78, 5) is 25.2. The Morgan fingerprint density at radius 3 is 2.53 bits per heavy atom. The molecule has 7 nitrogen and oxygen atoms in total. The van der Waals surface area contributed by atoms with Crippen LogP contribution in [-0.2, 0) is 4.79 Å². The number of nitrogens with zero attached hydrogens (tertiary/aromatic N) is 2. The fraction of sp³-hybridized carbons (Fsp3) is 0.280. The predicted molar refractivity (Wildman–Crippen MR) is 124 cm³/mol. The highest BCUT2D eigenvalue weighted by atomic mass is 16.5. The van der Waals surface area contributed by atoms with Crippen LogP contribution in [0.15, 0.2) is 60.8 Å². The maximum atomic E-state index is 13.1. The van der Waals surface area contributed by atoms with Crippen LogP contribution in [0.5, 0.6) is 5.75 Å². The van der Waals surface area contributed by atoms with Gasteiger partial charge in [-0.1, -0.05) is 32.0 Å². The van der Waals surface area contributed by atoms with Crippen LogP contribution < -0.4 is 15.4 Å². The maximum Gasteiger partial charge on any atom is 0.255 e. The standard InChI is InChI=1S/C25H28N4O3/c1-5-32-23-12-11-20(28-24(30)16(2)3)15-21(23)25(31)27-17(4)18-8-6-9-19(14-18)22-10-7-13-26-29-22/h6-17H,5H2,1-4H3,(H,27,31)(H,28,30). The number of rotatable bonds is 8. The highest BCUT2D eigenvalue weighted by molar-refractivity contribution is 6.00. The molecule has 0 saturated heterocycles. The smallest absolute Gasteiger partial charge is 0.255 e. The van der Waals surface area contributed by atoms with Crippen LogP contribution in [0.25, 0.3) is 11.3 Å². The lowest BCUT2D eigenvalue weighted by atomic mass is 10.0. The third kappa shape index (κ3) is 5.69. The number of carbonyl (C=O) groups excluding carboxylic acids is 2. The van der Waals surface area contributed by atoms with Gasteiger partial charge in [-0.3, -0.25) is 9.59 Å². The molecule has 7 heteroatoms. The third-order valence-electron chi connectivity index (χ3n) is 4.92. The summed E-state index contributed by atoms with van der Waals surface area (Å²) in [5.74, 6) is -0.102. The Balaban J connectivity index is 1.82. The van der Waals surface area contributed by atoms with Crippen LogP contribution in [0, 0.1) is 5.92 Å². The van der Waals surface area contributed by atoms with E-state index in [0.29, 0.717) is 23.6 Å². The number of hydrogen-bond acceptors (Lipinski definition) is 5. The lowest BCUT2D eigenvalue weighted by molar-refractivity contribution is -0.118. The van der Waals surface area contributed by atoms with Crippen molar-refractivity contribution in [1.29, 1.82) is 0 Å². The summed E-state index contributed by atoms with van der Waals surface area (Å²) in [6.45, 7) is 7.82. The molecule has 1 unspecified atom stereocenters. The molecular formula is C25H28N4O3. The molecule has 3 rings (SSSR count). The molecule has 0 bridgehead atoms. The molecule has 0 spiro atoms. The highest BCUT2D eigenvalue weighted by Crippen LogP contribution is 2.26. The van der Waals surface area contributed by atoms with Crippen LogP contribution in [-0.4, -0.2) is 28.6 Å². The number of aromatic nitrogens is 2. The third-order valence-corrected chi connectivity index (χ3v) is 4.92. The van der Waals surface area contributed by atoms with Gasteiger partial charge in [-0.25, -0.2) is 0 Å². The minimum absolute atomic E-state index is 0.116. The first-order valence-electron chi connectivity index (χ1n) is 10.7. The maximum absolute atomic E-state index is 13.1. The number of hydrogen-bond donors (Lipinski definition) is 2. The predicted octanol–water partition coefficient (Wildman–Crippen LogP) is 4.63. The molecule has 0 radical (unpaired) electrons. The van der Waals surface area contributed by atoms with E-state index >= 15 is 0 Å². The number of carbonyl (C=O) groups is 2. The first kappa shape index (κ1) is 22.9. The van der Waals surface area contributed by atoms with E-state index in [1.165, 1.54) is 0 Å². The molecule has 1 aromatic heterocycles. The van der Waals surface area contributed by atoms with Crippen molar-refractivity contribution in [2.75, 3.05) is 11.9 Å². The van der Waals surface area contributed by atoms with E-state index in [-0.39, 0.29) is 23.8 Å². The Morgan fingerprint density at radius 2 is 1.84 bits per heavy atom. The molecule has 166 valence electrons. The van der Waals surface area contributed by atoms with E-state index in [4.69, 9.17) is 4.74 Å². The van der Waals surface area contributed by atoms with Gasteiger partial charge < -0.3 is 15.4 Å². The zero-order chi connectivity index (χ0) is 23.1. The lowest BCUT2D eigenvalue weighted by Crippen LogP contribution is -2.27. The lowest BCUT2D eigenvalue weighted by Gasteiger charge is -2.18. The first-order valence-corrected chi connectivity index (χ1v) is 10.7. The Kier molecular flexibility index (Phi) is 7.54. The molecule has 2 aromatic carbocycles. The number of ether oxygens (including phenoxy) is 1. The molecule has 3 aromatic rings. The molecule has 0 aliphatic rings. The molecule has 1 heterocycles.